The molecule has 1 aromatic heterocycles. The standard InChI is InChI=1S/C21H25N3O2/c1-4-5-14-24-18-12-8-7-11-17(18)23-20(24)15(2)22-21(25)16-10-6-9-13-19(16)26-3/h6-13,15H,4-5,14H2,1-3H3,(H,22,25)/t15-/m0/s1. The molecule has 0 aliphatic heterocycles. The summed E-state index contributed by atoms with van der Waals surface area (Å²) in [6.07, 6.45) is 2.18. The van der Waals surface area contributed by atoms with E-state index in [0.717, 1.165) is 36.2 Å². The van der Waals surface area contributed by atoms with Gasteiger partial charge in [0.2, 0.25) is 0 Å². The van der Waals surface area contributed by atoms with Crippen molar-refractivity contribution < 1.29 is 9.53 Å². The molecular weight excluding hydrogens is 326 g/mol. The number of para-hydroxylation sites is 3. The SMILES string of the molecule is CCCCn1c([C@H](C)NC(=O)c2ccccc2OC)nc2ccccc21. The van der Waals surface area contributed by atoms with E-state index in [9.17, 15) is 4.79 Å². The summed E-state index contributed by atoms with van der Waals surface area (Å²) in [5.41, 5.74) is 2.59. The maximum Gasteiger partial charge on any atom is 0.255 e. The lowest BCUT2D eigenvalue weighted by Crippen LogP contribution is -2.29. The van der Waals surface area contributed by atoms with Crippen molar-refractivity contribution in [2.24, 2.45) is 0 Å². The first-order chi connectivity index (χ1) is 12.7. The number of fused-ring (bicyclic) bond motifs is 1. The summed E-state index contributed by atoms with van der Waals surface area (Å²) in [4.78, 5) is 17.5. The Bertz CT molecular complexity index is 901. The number of amides is 1. The molecule has 136 valence electrons. The largest absolute Gasteiger partial charge is 0.496 e. The lowest BCUT2D eigenvalue weighted by molar-refractivity contribution is 0.0934. The number of aryl methyl sites for hydroxylation is 1. The average Bonchev–Trinajstić information content (AvgIpc) is 3.05. The van der Waals surface area contributed by atoms with Crippen molar-refractivity contribution in [2.45, 2.75) is 39.3 Å². The van der Waals surface area contributed by atoms with Gasteiger partial charge in [0.1, 0.15) is 11.6 Å². The minimum atomic E-state index is -0.211. The minimum Gasteiger partial charge on any atom is -0.496 e. The van der Waals surface area contributed by atoms with Gasteiger partial charge in [0, 0.05) is 6.54 Å². The number of nitrogens with zero attached hydrogens (tertiary/aromatic N) is 2. The van der Waals surface area contributed by atoms with E-state index in [2.05, 4.69) is 22.9 Å². The van der Waals surface area contributed by atoms with Crippen molar-refractivity contribution in [3.8, 4) is 5.75 Å². The van der Waals surface area contributed by atoms with Crippen LogP contribution in [0.15, 0.2) is 48.5 Å². The summed E-state index contributed by atoms with van der Waals surface area (Å²) in [7, 11) is 1.57. The highest BCUT2D eigenvalue weighted by Gasteiger charge is 2.20. The molecule has 0 saturated heterocycles. The summed E-state index contributed by atoms with van der Waals surface area (Å²) in [6.45, 7) is 5.03. The molecule has 0 aliphatic rings. The number of hydrogen-bond acceptors (Lipinski definition) is 3. The van der Waals surface area contributed by atoms with E-state index in [0.29, 0.717) is 11.3 Å². The molecule has 1 atom stereocenters. The molecule has 2 aromatic carbocycles. The molecular formula is C21H25N3O2. The van der Waals surface area contributed by atoms with Gasteiger partial charge in [-0.1, -0.05) is 37.6 Å². The topological polar surface area (TPSA) is 56.2 Å². The second kappa shape index (κ2) is 8.04. The number of unbranched alkanes of at least 4 members (excludes halogenated alkanes) is 1. The molecule has 1 amide bonds. The Morgan fingerprint density at radius 3 is 2.69 bits per heavy atom. The van der Waals surface area contributed by atoms with E-state index in [4.69, 9.17) is 9.72 Å². The van der Waals surface area contributed by atoms with Crippen LogP contribution in [0.1, 0.15) is 48.9 Å². The monoisotopic (exact) mass is 351 g/mol. The van der Waals surface area contributed by atoms with Gasteiger partial charge in [0.15, 0.2) is 0 Å². The summed E-state index contributed by atoms with van der Waals surface area (Å²) in [6, 6.07) is 15.1. The van der Waals surface area contributed by atoms with Crippen LogP contribution in [0.25, 0.3) is 11.0 Å². The van der Waals surface area contributed by atoms with Crippen molar-refractivity contribution in [1.29, 1.82) is 0 Å². The van der Waals surface area contributed by atoms with Gasteiger partial charge in [-0.3, -0.25) is 4.79 Å². The predicted molar refractivity (Wildman–Crippen MR) is 104 cm³/mol. The second-order valence-corrected chi connectivity index (χ2v) is 6.36. The Labute approximate surface area is 154 Å². The number of carbonyl (C=O) groups excluding carboxylic acids is 1. The second-order valence-electron chi connectivity index (χ2n) is 6.36. The predicted octanol–water partition coefficient (Wildman–Crippen LogP) is 4.34. The summed E-state index contributed by atoms with van der Waals surface area (Å²) < 4.78 is 7.51. The van der Waals surface area contributed by atoms with E-state index in [1.54, 1.807) is 19.2 Å². The molecule has 3 rings (SSSR count). The fourth-order valence-electron chi connectivity index (χ4n) is 3.15. The number of benzene rings is 2. The molecule has 0 aliphatic carbocycles. The first-order valence-corrected chi connectivity index (χ1v) is 9.04. The Morgan fingerprint density at radius 2 is 1.92 bits per heavy atom. The molecule has 3 aromatic rings. The van der Waals surface area contributed by atoms with Crippen LogP contribution in [-0.2, 0) is 6.54 Å². The van der Waals surface area contributed by atoms with E-state index in [1.165, 1.54) is 0 Å². The van der Waals surface area contributed by atoms with Crippen molar-refractivity contribution in [3.63, 3.8) is 0 Å². The van der Waals surface area contributed by atoms with Crippen LogP contribution in [0, 0.1) is 0 Å². The lowest BCUT2D eigenvalue weighted by atomic mass is 10.1. The van der Waals surface area contributed by atoms with E-state index in [1.807, 2.05) is 37.3 Å². The van der Waals surface area contributed by atoms with Crippen molar-refractivity contribution in [2.75, 3.05) is 7.11 Å². The number of hydrogen-bond donors (Lipinski definition) is 1. The number of carbonyl (C=O) groups is 1. The molecule has 1 heterocycles. The van der Waals surface area contributed by atoms with Crippen molar-refractivity contribution >= 4 is 16.9 Å². The molecule has 1 N–H and O–H groups in total. The number of rotatable bonds is 7. The Morgan fingerprint density at radius 1 is 1.19 bits per heavy atom. The smallest absolute Gasteiger partial charge is 0.255 e. The molecule has 26 heavy (non-hydrogen) atoms. The van der Waals surface area contributed by atoms with Gasteiger partial charge in [-0.2, -0.15) is 0 Å². The van der Waals surface area contributed by atoms with Crippen LogP contribution in [0.2, 0.25) is 0 Å². The molecule has 0 spiro atoms. The van der Waals surface area contributed by atoms with Gasteiger partial charge >= 0.3 is 0 Å². The lowest BCUT2D eigenvalue weighted by Gasteiger charge is -2.17. The maximum atomic E-state index is 12.7. The van der Waals surface area contributed by atoms with Gasteiger partial charge in [0.05, 0.1) is 29.7 Å². The fourth-order valence-corrected chi connectivity index (χ4v) is 3.15. The van der Waals surface area contributed by atoms with Gasteiger partial charge in [-0.25, -0.2) is 4.98 Å². The van der Waals surface area contributed by atoms with Gasteiger partial charge in [-0.05, 0) is 37.6 Å². The highest BCUT2D eigenvalue weighted by Crippen LogP contribution is 2.23. The third-order valence-corrected chi connectivity index (χ3v) is 4.51. The Balaban J connectivity index is 1.89. The number of ether oxygens (including phenoxy) is 1. The molecule has 0 saturated carbocycles. The Kier molecular flexibility index (Phi) is 5.56. The van der Waals surface area contributed by atoms with Crippen molar-refractivity contribution in [3.05, 3.63) is 59.9 Å². The molecule has 0 fully saturated rings. The number of methoxy groups -OCH3 is 1. The van der Waals surface area contributed by atoms with E-state index in [-0.39, 0.29) is 11.9 Å². The highest BCUT2D eigenvalue weighted by atomic mass is 16.5. The van der Waals surface area contributed by atoms with Crippen molar-refractivity contribution in [1.82, 2.24) is 14.9 Å². The normalized spacial score (nSPS) is 12.1. The summed E-state index contributed by atoms with van der Waals surface area (Å²) >= 11 is 0. The van der Waals surface area contributed by atoms with Gasteiger partial charge in [0.25, 0.3) is 5.91 Å². The van der Waals surface area contributed by atoms with Crippen LogP contribution >= 0.6 is 0 Å². The van der Waals surface area contributed by atoms with Gasteiger partial charge < -0.3 is 14.6 Å². The molecule has 5 heteroatoms. The van der Waals surface area contributed by atoms with E-state index >= 15 is 0 Å². The Hall–Kier alpha value is -2.82. The third kappa shape index (κ3) is 3.57. The molecule has 0 bridgehead atoms. The number of nitrogens with one attached hydrogen (secondary N) is 1. The fraction of sp³-hybridized carbons (Fsp3) is 0.333. The van der Waals surface area contributed by atoms with Gasteiger partial charge in [-0.15, -0.1) is 0 Å². The number of aromatic nitrogens is 2. The quantitative estimate of drug-likeness (QED) is 0.689. The van der Waals surface area contributed by atoms with Crippen LogP contribution in [0.4, 0.5) is 0 Å². The molecule has 5 nitrogen and oxygen atoms in total. The van der Waals surface area contributed by atoms with Crippen LogP contribution < -0.4 is 10.1 Å². The maximum absolute atomic E-state index is 12.7. The first kappa shape index (κ1) is 18.0. The minimum absolute atomic E-state index is 0.163. The highest BCUT2D eigenvalue weighted by molar-refractivity contribution is 5.97. The van der Waals surface area contributed by atoms with Crippen LogP contribution in [0.5, 0.6) is 5.75 Å². The van der Waals surface area contributed by atoms with E-state index < -0.39 is 0 Å². The number of imidazole rings is 1. The third-order valence-electron chi connectivity index (χ3n) is 4.51. The summed E-state index contributed by atoms with van der Waals surface area (Å²) in [5, 5.41) is 3.06. The zero-order valence-corrected chi connectivity index (χ0v) is 15.5. The zero-order chi connectivity index (χ0) is 18.5. The first-order valence-electron chi connectivity index (χ1n) is 9.04. The van der Waals surface area contributed by atoms with Crippen LogP contribution in [-0.4, -0.2) is 22.6 Å². The summed E-state index contributed by atoms with van der Waals surface area (Å²) in [5.74, 6) is 1.28. The zero-order valence-electron chi connectivity index (χ0n) is 15.5. The molecule has 0 unspecified atom stereocenters. The van der Waals surface area contributed by atoms with Crippen LogP contribution in [0.3, 0.4) is 0 Å². The molecule has 0 radical (unpaired) electrons. The average molecular weight is 351 g/mol.